The van der Waals surface area contributed by atoms with E-state index in [9.17, 15) is 23.5 Å². The van der Waals surface area contributed by atoms with E-state index in [4.69, 9.17) is 0 Å². The summed E-state index contributed by atoms with van der Waals surface area (Å²) in [6.07, 6.45) is 3.58. The number of carbonyl (C=O) groups is 2. The number of hydrogen-bond acceptors (Lipinski definition) is 4. The van der Waals surface area contributed by atoms with Crippen LogP contribution in [0.4, 0.5) is 8.78 Å². The summed E-state index contributed by atoms with van der Waals surface area (Å²) in [5.41, 5.74) is 1.20. The Labute approximate surface area is 175 Å². The molecule has 0 saturated carbocycles. The molecule has 1 aliphatic rings. The van der Waals surface area contributed by atoms with E-state index in [0.29, 0.717) is 24.8 Å². The second-order valence-electron chi connectivity index (χ2n) is 7.11. The normalized spacial score (nSPS) is 18.9. The van der Waals surface area contributed by atoms with E-state index in [1.165, 1.54) is 19.3 Å². The van der Waals surface area contributed by atoms with Crippen LogP contribution in [-0.4, -0.2) is 53.6 Å². The number of rotatable bonds is 8. The highest BCUT2D eigenvalue weighted by molar-refractivity contribution is 5.89. The van der Waals surface area contributed by atoms with Gasteiger partial charge in [-0.05, 0) is 30.5 Å². The summed E-state index contributed by atoms with van der Waals surface area (Å²) in [7, 11) is 1.29. The molecule has 1 aromatic rings. The van der Waals surface area contributed by atoms with Crippen molar-refractivity contribution in [2.75, 3.05) is 13.7 Å². The van der Waals surface area contributed by atoms with Crippen LogP contribution in [0.2, 0.25) is 0 Å². The summed E-state index contributed by atoms with van der Waals surface area (Å²) in [5.74, 6) is 0.750. The monoisotopic (exact) mass is 419 g/mol. The van der Waals surface area contributed by atoms with Crippen molar-refractivity contribution in [1.82, 2.24) is 4.90 Å². The van der Waals surface area contributed by atoms with Gasteiger partial charge in [-0.3, -0.25) is 4.79 Å². The summed E-state index contributed by atoms with van der Waals surface area (Å²) in [4.78, 5) is 24.8. The molecule has 1 saturated heterocycles. The Morgan fingerprint density at radius 3 is 2.70 bits per heavy atom. The molecule has 1 heterocycles. The number of halogens is 2. The highest BCUT2D eigenvalue weighted by atomic mass is 19.3. The molecule has 0 aromatic heterocycles. The third-order valence-electron chi connectivity index (χ3n) is 4.88. The van der Waals surface area contributed by atoms with Crippen molar-refractivity contribution in [2.24, 2.45) is 0 Å². The average molecular weight is 419 g/mol. The first-order chi connectivity index (χ1) is 14.3. The van der Waals surface area contributed by atoms with Gasteiger partial charge in [-0.1, -0.05) is 31.2 Å². The highest BCUT2D eigenvalue weighted by Crippen LogP contribution is 2.34. The average Bonchev–Trinajstić information content (AvgIpc) is 2.96. The molecule has 0 aliphatic carbocycles. The zero-order chi connectivity index (χ0) is 22.1. The Hall–Kier alpha value is -2.72. The molecule has 0 bridgehead atoms. The van der Waals surface area contributed by atoms with E-state index in [-0.39, 0.29) is 6.54 Å². The number of likely N-dealkylation sites (tertiary alicyclic amines) is 1. The Balaban J connectivity index is 1.99. The zero-order valence-corrected chi connectivity index (χ0v) is 17.2. The fourth-order valence-corrected chi connectivity index (χ4v) is 3.22. The molecular formula is C23H27F2NO4. The van der Waals surface area contributed by atoms with Crippen molar-refractivity contribution in [1.29, 1.82) is 0 Å². The number of nitrogens with zero attached hydrogens (tertiary/aromatic N) is 1. The molecule has 30 heavy (non-hydrogen) atoms. The molecule has 1 amide bonds. The van der Waals surface area contributed by atoms with Gasteiger partial charge in [-0.2, -0.15) is 8.78 Å². The molecule has 162 valence electrons. The molecular weight excluding hydrogens is 392 g/mol. The van der Waals surface area contributed by atoms with E-state index < -0.39 is 36.4 Å². The van der Waals surface area contributed by atoms with Crippen molar-refractivity contribution in [3.8, 4) is 11.8 Å². The van der Waals surface area contributed by atoms with Crippen molar-refractivity contribution < 1.29 is 28.2 Å². The molecule has 1 fully saturated rings. The highest BCUT2D eigenvalue weighted by Gasteiger charge is 2.52. The number of methoxy groups -OCH3 is 1. The maximum absolute atomic E-state index is 14.0. The molecule has 0 radical (unpaired) electrons. The van der Waals surface area contributed by atoms with E-state index >= 15 is 0 Å². The molecule has 7 heteroatoms. The van der Waals surface area contributed by atoms with E-state index in [1.54, 1.807) is 24.3 Å². The number of hydrogen-bond donors (Lipinski definition) is 1. The molecule has 1 aliphatic heterocycles. The molecule has 2 atom stereocenters. The predicted molar refractivity (Wildman–Crippen MR) is 109 cm³/mol. The summed E-state index contributed by atoms with van der Waals surface area (Å²) in [6, 6.07) is 5.82. The van der Waals surface area contributed by atoms with Gasteiger partial charge < -0.3 is 14.7 Å². The summed E-state index contributed by atoms with van der Waals surface area (Å²) >= 11 is 0. The predicted octanol–water partition coefficient (Wildman–Crippen LogP) is 3.36. The van der Waals surface area contributed by atoms with Gasteiger partial charge >= 0.3 is 11.9 Å². The minimum Gasteiger partial charge on any atom is -0.465 e. The van der Waals surface area contributed by atoms with Crippen LogP contribution in [0.25, 0.3) is 0 Å². The maximum Gasteiger partial charge on any atom is 0.337 e. The van der Waals surface area contributed by atoms with Crippen LogP contribution in [0.15, 0.2) is 36.4 Å². The van der Waals surface area contributed by atoms with Crippen LogP contribution in [0.5, 0.6) is 0 Å². The topological polar surface area (TPSA) is 66.8 Å². The number of carbonyl (C=O) groups excluding carboxylic acids is 2. The molecule has 5 nitrogen and oxygen atoms in total. The van der Waals surface area contributed by atoms with E-state index in [0.717, 1.165) is 16.9 Å². The van der Waals surface area contributed by atoms with Gasteiger partial charge in [0.1, 0.15) is 0 Å². The lowest BCUT2D eigenvalue weighted by atomic mass is 10.1. The lowest BCUT2D eigenvalue weighted by Crippen LogP contribution is -2.37. The maximum atomic E-state index is 14.0. The molecule has 1 aromatic carbocycles. The van der Waals surface area contributed by atoms with Crippen LogP contribution >= 0.6 is 0 Å². The number of ether oxygens (including phenoxy) is 1. The number of esters is 1. The Morgan fingerprint density at radius 1 is 1.37 bits per heavy atom. The quantitative estimate of drug-likeness (QED) is 0.399. The smallest absolute Gasteiger partial charge is 0.337 e. The van der Waals surface area contributed by atoms with Gasteiger partial charge in [-0.15, -0.1) is 11.8 Å². The van der Waals surface area contributed by atoms with Gasteiger partial charge in [0.2, 0.25) is 0 Å². The first-order valence-corrected chi connectivity index (χ1v) is 9.96. The van der Waals surface area contributed by atoms with E-state index in [1.807, 2.05) is 6.92 Å². The lowest BCUT2D eigenvalue weighted by Gasteiger charge is -2.22. The third kappa shape index (κ3) is 6.39. The summed E-state index contributed by atoms with van der Waals surface area (Å²) < 4.78 is 32.6. The second-order valence-corrected chi connectivity index (χ2v) is 7.11. The van der Waals surface area contributed by atoms with E-state index in [2.05, 4.69) is 16.6 Å². The molecule has 2 rings (SSSR count). The molecule has 1 N–H and O–H groups in total. The van der Waals surface area contributed by atoms with Gasteiger partial charge in [0.25, 0.3) is 5.91 Å². The van der Waals surface area contributed by atoms with Gasteiger partial charge in [0.15, 0.2) is 0 Å². The SMILES string of the molecule is CCC#CCC[C@H](O)/C=C/C1CC(F)(F)C(=O)N1CCc1ccc(C(=O)OC)cc1. The Bertz CT molecular complexity index is 824. The van der Waals surface area contributed by atoms with Crippen LogP contribution in [0.3, 0.4) is 0 Å². The van der Waals surface area contributed by atoms with Crippen molar-refractivity contribution in [3.05, 3.63) is 47.5 Å². The summed E-state index contributed by atoms with van der Waals surface area (Å²) in [6.45, 7) is 2.04. The molecule has 1 unspecified atom stereocenters. The largest absolute Gasteiger partial charge is 0.465 e. The Kier molecular flexibility index (Phi) is 8.55. The number of amides is 1. The van der Waals surface area contributed by atoms with Crippen molar-refractivity contribution >= 4 is 11.9 Å². The van der Waals surface area contributed by atoms with Crippen molar-refractivity contribution in [2.45, 2.75) is 57.1 Å². The first kappa shape index (κ1) is 23.6. The summed E-state index contributed by atoms with van der Waals surface area (Å²) in [5, 5.41) is 10.0. The van der Waals surface area contributed by atoms with Crippen molar-refractivity contribution in [3.63, 3.8) is 0 Å². The first-order valence-electron chi connectivity index (χ1n) is 9.96. The number of aliphatic hydroxyl groups excluding tert-OH is 1. The number of alkyl halides is 2. The third-order valence-corrected chi connectivity index (χ3v) is 4.88. The minimum absolute atomic E-state index is 0.110. The van der Waals surface area contributed by atoms with Crippen LogP contribution < -0.4 is 0 Å². The fraction of sp³-hybridized carbons (Fsp3) is 0.478. The minimum atomic E-state index is -3.42. The van der Waals surface area contributed by atoms with Crippen LogP contribution in [0.1, 0.15) is 48.5 Å². The molecule has 0 spiro atoms. The van der Waals surface area contributed by atoms with Crippen LogP contribution in [-0.2, 0) is 16.0 Å². The number of aliphatic hydroxyl groups is 1. The number of benzene rings is 1. The van der Waals surface area contributed by atoms with Gasteiger partial charge in [0.05, 0.1) is 24.8 Å². The second kappa shape index (κ2) is 10.9. The lowest BCUT2D eigenvalue weighted by molar-refractivity contribution is -0.148. The van der Waals surface area contributed by atoms with Gasteiger partial charge in [0, 0.05) is 25.8 Å². The standard InChI is InChI=1S/C23H27F2NO4/c1-3-4-5-6-7-20(27)13-12-19-16-23(24,25)22(29)26(19)15-14-17-8-10-18(11-9-17)21(28)30-2/h8-13,19-20,27H,3,6-7,14-16H2,1-2H3/b13-12+/t19?,20-/m0/s1. The fourth-order valence-electron chi connectivity index (χ4n) is 3.22. The Morgan fingerprint density at radius 2 is 2.07 bits per heavy atom. The zero-order valence-electron chi connectivity index (χ0n) is 17.2. The van der Waals surface area contributed by atoms with Crippen LogP contribution in [0, 0.1) is 11.8 Å². The van der Waals surface area contributed by atoms with Gasteiger partial charge in [-0.25, -0.2) is 4.79 Å².